The third kappa shape index (κ3) is 2.75. The second-order valence-electron chi connectivity index (χ2n) is 7.72. The van der Waals surface area contributed by atoms with Crippen molar-refractivity contribution in [3.8, 4) is 17.4 Å². The molecule has 0 aliphatic carbocycles. The van der Waals surface area contributed by atoms with Gasteiger partial charge in [-0.15, -0.1) is 9.36 Å². The summed E-state index contributed by atoms with van der Waals surface area (Å²) in [6.45, 7) is 4.23. The van der Waals surface area contributed by atoms with E-state index in [0.29, 0.717) is 5.56 Å². The highest BCUT2D eigenvalue weighted by Gasteiger charge is 2.23. The Bertz CT molecular complexity index is 1490. The van der Waals surface area contributed by atoms with Gasteiger partial charge in [0.25, 0.3) is 0 Å². The molecule has 0 fully saturated rings. The third-order valence-corrected chi connectivity index (χ3v) is 5.87. The van der Waals surface area contributed by atoms with Gasteiger partial charge < -0.3 is 0 Å². The quantitative estimate of drug-likeness (QED) is 0.412. The fourth-order valence-electron chi connectivity index (χ4n) is 4.25. The highest BCUT2D eigenvalue weighted by Crippen LogP contribution is 2.23. The molecular weight excluding hydrogens is 368 g/mol. The number of rotatable bonds is 2. The molecule has 0 bridgehead atoms. The van der Waals surface area contributed by atoms with E-state index in [1.807, 2.05) is 24.3 Å². The van der Waals surface area contributed by atoms with Crippen molar-refractivity contribution in [2.24, 2.45) is 7.05 Å². The van der Waals surface area contributed by atoms with Gasteiger partial charge in [-0.1, -0.05) is 30.3 Å². The Morgan fingerprint density at radius 2 is 1.57 bits per heavy atom. The fraction of sp³-hybridized carbons (Fsp3) is 0.115. The molecule has 2 aromatic heterocycles. The third-order valence-electron chi connectivity index (χ3n) is 5.87. The molecule has 0 saturated carbocycles. The molecule has 3 aromatic carbocycles. The van der Waals surface area contributed by atoms with Gasteiger partial charge in [-0.3, -0.25) is 0 Å². The normalized spacial score (nSPS) is 11.1. The van der Waals surface area contributed by atoms with Crippen molar-refractivity contribution in [2.75, 3.05) is 0 Å². The van der Waals surface area contributed by atoms with Crippen LogP contribution in [0.4, 0.5) is 0 Å². The predicted molar refractivity (Wildman–Crippen MR) is 118 cm³/mol. The van der Waals surface area contributed by atoms with Crippen LogP contribution in [0.15, 0.2) is 79.1 Å². The maximum Gasteiger partial charge on any atom is 0.238 e. The van der Waals surface area contributed by atoms with E-state index in [2.05, 4.69) is 95.8 Å². The summed E-state index contributed by atoms with van der Waals surface area (Å²) in [7, 11) is 2.05. The van der Waals surface area contributed by atoms with Gasteiger partial charge in [-0.25, -0.2) is 0 Å². The van der Waals surface area contributed by atoms with Crippen molar-refractivity contribution in [1.29, 1.82) is 5.26 Å². The largest absolute Gasteiger partial charge is 0.238 e. The molecule has 2 heterocycles. The van der Waals surface area contributed by atoms with Crippen LogP contribution in [0.2, 0.25) is 0 Å². The molecule has 0 saturated heterocycles. The molecule has 5 rings (SSSR count). The van der Waals surface area contributed by atoms with E-state index in [9.17, 15) is 5.26 Å². The zero-order valence-corrected chi connectivity index (χ0v) is 17.3. The topological polar surface area (TPSA) is 36.5 Å². The van der Waals surface area contributed by atoms with E-state index in [1.165, 1.54) is 10.8 Å². The maximum atomic E-state index is 9.75. The molecule has 144 valence electrons. The van der Waals surface area contributed by atoms with Crippen molar-refractivity contribution in [3.05, 3.63) is 95.9 Å². The van der Waals surface area contributed by atoms with E-state index in [-0.39, 0.29) is 0 Å². The molecule has 0 unspecified atom stereocenters. The van der Waals surface area contributed by atoms with Crippen LogP contribution in [0.3, 0.4) is 0 Å². The van der Waals surface area contributed by atoms with E-state index >= 15 is 0 Å². The number of aryl methyl sites for hydroxylation is 2. The second-order valence-corrected chi connectivity index (χ2v) is 7.72. The van der Waals surface area contributed by atoms with Crippen LogP contribution in [0.1, 0.15) is 16.8 Å². The van der Waals surface area contributed by atoms with E-state index in [0.717, 1.165) is 33.5 Å². The van der Waals surface area contributed by atoms with Crippen LogP contribution in [0, 0.1) is 25.2 Å². The molecule has 0 aliphatic heterocycles. The SMILES string of the molecule is Cc1c(-n2cc3ccccc3[n+]2C)cc(C#N)cc1-[n+]1cc2ccccc2cc1C. The van der Waals surface area contributed by atoms with Crippen LogP contribution in [0.25, 0.3) is 33.1 Å². The standard InChI is InChI=1S/C26H22N4/c1-18-12-21-8-4-5-9-22(21)16-29(18)25-13-20(15-27)14-26(19(25)2)30-17-23-10-6-7-11-24(23)28(30)3/h4-14,16-17H,1-3H3/q+2. The van der Waals surface area contributed by atoms with E-state index < -0.39 is 0 Å². The Kier molecular flexibility index (Phi) is 4.11. The summed E-state index contributed by atoms with van der Waals surface area (Å²) in [5.74, 6) is 0. The molecule has 4 nitrogen and oxygen atoms in total. The lowest BCUT2D eigenvalue weighted by Crippen LogP contribution is -2.39. The summed E-state index contributed by atoms with van der Waals surface area (Å²) in [5, 5.41) is 13.3. The maximum absolute atomic E-state index is 9.75. The van der Waals surface area contributed by atoms with Gasteiger partial charge in [0.05, 0.1) is 28.8 Å². The van der Waals surface area contributed by atoms with Crippen molar-refractivity contribution < 1.29 is 9.25 Å². The Balaban J connectivity index is 1.80. The van der Waals surface area contributed by atoms with Crippen molar-refractivity contribution >= 4 is 21.7 Å². The van der Waals surface area contributed by atoms with Crippen LogP contribution in [0.5, 0.6) is 0 Å². The van der Waals surface area contributed by atoms with Gasteiger partial charge in [0.15, 0.2) is 18.9 Å². The first-order valence-electron chi connectivity index (χ1n) is 10.00. The summed E-state index contributed by atoms with van der Waals surface area (Å²) in [6.07, 6.45) is 4.28. The van der Waals surface area contributed by atoms with Gasteiger partial charge in [-0.05, 0) is 30.5 Å². The molecule has 0 amide bonds. The fourth-order valence-corrected chi connectivity index (χ4v) is 4.25. The van der Waals surface area contributed by atoms with Gasteiger partial charge in [0, 0.05) is 30.5 Å². The van der Waals surface area contributed by atoms with Crippen LogP contribution < -0.4 is 9.25 Å². The highest BCUT2D eigenvalue weighted by atomic mass is 15.4. The lowest BCUT2D eigenvalue weighted by molar-refractivity contribution is -0.720. The first-order valence-corrected chi connectivity index (χ1v) is 10.00. The summed E-state index contributed by atoms with van der Waals surface area (Å²) >= 11 is 0. The first kappa shape index (κ1) is 18.1. The number of hydrogen-bond acceptors (Lipinski definition) is 1. The number of benzene rings is 3. The molecule has 0 radical (unpaired) electrons. The predicted octanol–water partition coefficient (Wildman–Crippen LogP) is 4.37. The minimum atomic E-state index is 0.642. The number of hydrogen-bond donors (Lipinski definition) is 0. The Morgan fingerprint density at radius 3 is 2.30 bits per heavy atom. The zero-order valence-electron chi connectivity index (χ0n) is 17.3. The molecule has 0 aliphatic rings. The van der Waals surface area contributed by atoms with Crippen LogP contribution in [-0.4, -0.2) is 4.68 Å². The zero-order chi connectivity index (χ0) is 20.8. The van der Waals surface area contributed by atoms with Gasteiger partial charge >= 0.3 is 0 Å². The molecule has 30 heavy (non-hydrogen) atoms. The minimum absolute atomic E-state index is 0.642. The number of fused-ring (bicyclic) bond motifs is 2. The highest BCUT2D eigenvalue weighted by molar-refractivity contribution is 5.81. The average Bonchev–Trinajstić information content (AvgIpc) is 3.10. The first-order chi connectivity index (χ1) is 14.6. The monoisotopic (exact) mass is 390 g/mol. The molecule has 0 spiro atoms. The van der Waals surface area contributed by atoms with Gasteiger partial charge in [0.1, 0.15) is 5.69 Å². The van der Waals surface area contributed by atoms with Gasteiger partial charge in [-0.2, -0.15) is 9.83 Å². The minimum Gasteiger partial charge on any atom is -0.192 e. The molecular formula is C26H22N4+2. The van der Waals surface area contributed by atoms with Crippen LogP contribution >= 0.6 is 0 Å². The average molecular weight is 390 g/mol. The Hall–Kier alpha value is -3.97. The Labute approximate surface area is 175 Å². The summed E-state index contributed by atoms with van der Waals surface area (Å²) in [6, 6.07) is 25.2. The van der Waals surface area contributed by atoms with Crippen molar-refractivity contribution in [2.45, 2.75) is 13.8 Å². The van der Waals surface area contributed by atoms with E-state index in [1.54, 1.807) is 0 Å². The van der Waals surface area contributed by atoms with Gasteiger partial charge in [0.2, 0.25) is 11.2 Å². The number of aromatic nitrogens is 3. The summed E-state index contributed by atoms with van der Waals surface area (Å²) in [5.41, 5.74) is 6.06. The number of nitrogens with zero attached hydrogens (tertiary/aromatic N) is 4. The molecule has 4 heteroatoms. The van der Waals surface area contributed by atoms with Crippen LogP contribution in [-0.2, 0) is 7.05 Å². The number of nitriles is 1. The molecule has 0 atom stereocenters. The lowest BCUT2D eigenvalue weighted by atomic mass is 10.1. The second kappa shape index (κ2) is 6.82. The van der Waals surface area contributed by atoms with E-state index in [4.69, 9.17) is 0 Å². The van der Waals surface area contributed by atoms with Crippen molar-refractivity contribution in [1.82, 2.24) is 4.68 Å². The molecule has 0 N–H and O–H groups in total. The van der Waals surface area contributed by atoms with Crippen molar-refractivity contribution in [3.63, 3.8) is 0 Å². The molecule has 5 aromatic rings. The Morgan fingerprint density at radius 1 is 0.867 bits per heavy atom. The number of para-hydroxylation sites is 1. The summed E-state index contributed by atoms with van der Waals surface area (Å²) < 4.78 is 6.44. The lowest BCUT2D eigenvalue weighted by Gasteiger charge is -2.10. The number of pyridine rings is 1. The smallest absolute Gasteiger partial charge is 0.192 e. The summed E-state index contributed by atoms with van der Waals surface area (Å²) in [4.78, 5) is 0.